The molecule has 0 saturated heterocycles. The molecule has 0 amide bonds. The molecule has 0 spiro atoms. The summed E-state index contributed by atoms with van der Waals surface area (Å²) in [5.41, 5.74) is 0.905. The summed E-state index contributed by atoms with van der Waals surface area (Å²) in [5, 5.41) is 5.93. The van der Waals surface area contributed by atoms with Gasteiger partial charge in [0.05, 0.1) is 5.69 Å². The highest BCUT2D eigenvalue weighted by Crippen LogP contribution is 2.14. The standard InChI is InChI=1S/C10H13FN2/c1-3-12-13(4-2)10-7-5-9(11)6-8-10/h3,5-8H,4H2,1-2H3. The first-order valence-electron chi connectivity index (χ1n) is 4.29. The van der Waals surface area contributed by atoms with Crippen LogP contribution in [-0.4, -0.2) is 12.8 Å². The molecular weight excluding hydrogens is 167 g/mol. The van der Waals surface area contributed by atoms with E-state index in [0.717, 1.165) is 12.2 Å². The monoisotopic (exact) mass is 180 g/mol. The Kier molecular flexibility index (Phi) is 3.43. The minimum absolute atomic E-state index is 0.222. The fraction of sp³-hybridized carbons (Fsp3) is 0.300. The van der Waals surface area contributed by atoms with Crippen molar-refractivity contribution < 1.29 is 4.39 Å². The van der Waals surface area contributed by atoms with Gasteiger partial charge in [-0.25, -0.2) is 4.39 Å². The van der Waals surface area contributed by atoms with Crippen LogP contribution in [-0.2, 0) is 0 Å². The SMILES string of the molecule is CC=NN(CC)c1ccc(F)cc1. The van der Waals surface area contributed by atoms with Crippen molar-refractivity contribution in [1.82, 2.24) is 0 Å². The van der Waals surface area contributed by atoms with Crippen molar-refractivity contribution in [1.29, 1.82) is 0 Å². The third-order valence-corrected chi connectivity index (χ3v) is 1.68. The van der Waals surface area contributed by atoms with Crippen LogP contribution < -0.4 is 5.01 Å². The minimum atomic E-state index is -0.222. The third kappa shape index (κ3) is 2.54. The topological polar surface area (TPSA) is 15.6 Å². The molecule has 0 N–H and O–H groups in total. The van der Waals surface area contributed by atoms with Gasteiger partial charge in [-0.2, -0.15) is 5.10 Å². The molecule has 0 aliphatic heterocycles. The van der Waals surface area contributed by atoms with Gasteiger partial charge in [0.25, 0.3) is 0 Å². The number of hydrogen-bond acceptors (Lipinski definition) is 2. The highest BCUT2D eigenvalue weighted by atomic mass is 19.1. The van der Waals surface area contributed by atoms with Gasteiger partial charge < -0.3 is 0 Å². The Balaban J connectivity index is 2.85. The Morgan fingerprint density at radius 3 is 2.46 bits per heavy atom. The van der Waals surface area contributed by atoms with Gasteiger partial charge in [-0.15, -0.1) is 0 Å². The summed E-state index contributed by atoms with van der Waals surface area (Å²) >= 11 is 0. The number of benzene rings is 1. The molecule has 3 heteroatoms. The van der Waals surface area contributed by atoms with Crippen LogP contribution >= 0.6 is 0 Å². The largest absolute Gasteiger partial charge is 0.266 e. The van der Waals surface area contributed by atoms with Crippen molar-refractivity contribution in [3.63, 3.8) is 0 Å². The number of nitrogens with zero attached hydrogens (tertiary/aromatic N) is 2. The van der Waals surface area contributed by atoms with Crippen molar-refractivity contribution in [3.8, 4) is 0 Å². The molecule has 0 radical (unpaired) electrons. The predicted molar refractivity (Wildman–Crippen MR) is 53.6 cm³/mol. The summed E-state index contributed by atoms with van der Waals surface area (Å²) in [6.07, 6.45) is 1.72. The normalized spacial score (nSPS) is 10.7. The maximum atomic E-state index is 12.6. The first-order chi connectivity index (χ1) is 6.27. The van der Waals surface area contributed by atoms with Crippen LogP contribution in [0.1, 0.15) is 13.8 Å². The lowest BCUT2D eigenvalue weighted by atomic mass is 10.3. The van der Waals surface area contributed by atoms with Crippen LogP contribution in [0.5, 0.6) is 0 Å². The molecule has 70 valence electrons. The van der Waals surface area contributed by atoms with Crippen molar-refractivity contribution in [2.75, 3.05) is 11.6 Å². The predicted octanol–water partition coefficient (Wildman–Crippen LogP) is 2.66. The molecule has 0 fully saturated rings. The summed E-state index contributed by atoms with van der Waals surface area (Å²) in [5.74, 6) is -0.222. The molecule has 1 aromatic rings. The van der Waals surface area contributed by atoms with E-state index in [1.54, 1.807) is 23.4 Å². The van der Waals surface area contributed by atoms with E-state index >= 15 is 0 Å². The van der Waals surface area contributed by atoms with E-state index in [4.69, 9.17) is 0 Å². The molecule has 1 rings (SSSR count). The minimum Gasteiger partial charge on any atom is -0.266 e. The zero-order valence-electron chi connectivity index (χ0n) is 7.87. The van der Waals surface area contributed by atoms with E-state index in [1.807, 2.05) is 13.8 Å². The zero-order valence-corrected chi connectivity index (χ0v) is 7.87. The van der Waals surface area contributed by atoms with Crippen LogP contribution in [0.2, 0.25) is 0 Å². The molecule has 2 nitrogen and oxygen atoms in total. The Hall–Kier alpha value is -1.38. The lowest BCUT2D eigenvalue weighted by molar-refractivity contribution is 0.627. The number of anilines is 1. The fourth-order valence-corrected chi connectivity index (χ4v) is 1.08. The van der Waals surface area contributed by atoms with Gasteiger partial charge in [0.15, 0.2) is 0 Å². The molecule has 0 unspecified atom stereocenters. The van der Waals surface area contributed by atoms with Crippen molar-refractivity contribution >= 4 is 11.9 Å². The lowest BCUT2D eigenvalue weighted by Crippen LogP contribution is -2.14. The quantitative estimate of drug-likeness (QED) is 0.515. The number of hydrogen-bond donors (Lipinski definition) is 0. The molecule has 0 aliphatic carbocycles. The van der Waals surface area contributed by atoms with E-state index in [-0.39, 0.29) is 5.82 Å². The van der Waals surface area contributed by atoms with Crippen LogP contribution in [0, 0.1) is 5.82 Å². The first-order valence-corrected chi connectivity index (χ1v) is 4.29. The highest BCUT2D eigenvalue weighted by Gasteiger charge is 2.00. The molecule has 1 aromatic carbocycles. The Labute approximate surface area is 77.7 Å². The molecular formula is C10H13FN2. The molecule has 0 aromatic heterocycles. The molecule has 0 atom stereocenters. The maximum absolute atomic E-state index is 12.6. The van der Waals surface area contributed by atoms with Gasteiger partial charge >= 0.3 is 0 Å². The van der Waals surface area contributed by atoms with Crippen molar-refractivity contribution in [2.24, 2.45) is 5.10 Å². The number of rotatable bonds is 3. The van der Waals surface area contributed by atoms with Crippen LogP contribution in [0.25, 0.3) is 0 Å². The summed E-state index contributed by atoms with van der Waals surface area (Å²) in [4.78, 5) is 0. The highest BCUT2D eigenvalue weighted by molar-refractivity contribution is 5.57. The van der Waals surface area contributed by atoms with Crippen LogP contribution in [0.4, 0.5) is 10.1 Å². The smallest absolute Gasteiger partial charge is 0.123 e. The maximum Gasteiger partial charge on any atom is 0.123 e. The van der Waals surface area contributed by atoms with E-state index in [0.29, 0.717) is 0 Å². The second-order valence-electron chi connectivity index (χ2n) is 2.57. The van der Waals surface area contributed by atoms with E-state index in [9.17, 15) is 4.39 Å². The fourth-order valence-electron chi connectivity index (χ4n) is 1.08. The summed E-state index contributed by atoms with van der Waals surface area (Å²) < 4.78 is 12.6. The molecule has 0 heterocycles. The van der Waals surface area contributed by atoms with Crippen LogP contribution in [0.15, 0.2) is 29.4 Å². The second-order valence-corrected chi connectivity index (χ2v) is 2.57. The van der Waals surface area contributed by atoms with E-state index < -0.39 is 0 Å². The third-order valence-electron chi connectivity index (χ3n) is 1.68. The summed E-state index contributed by atoms with van der Waals surface area (Å²) in [6, 6.07) is 6.30. The molecule has 0 saturated carbocycles. The van der Waals surface area contributed by atoms with Gasteiger partial charge in [0.2, 0.25) is 0 Å². The molecule has 13 heavy (non-hydrogen) atoms. The van der Waals surface area contributed by atoms with E-state index in [2.05, 4.69) is 5.10 Å². The second kappa shape index (κ2) is 4.60. The number of hydrazone groups is 1. The van der Waals surface area contributed by atoms with E-state index in [1.165, 1.54) is 12.1 Å². The molecule has 0 bridgehead atoms. The first kappa shape index (κ1) is 9.71. The van der Waals surface area contributed by atoms with Gasteiger partial charge in [-0.05, 0) is 38.1 Å². The average molecular weight is 180 g/mol. The lowest BCUT2D eigenvalue weighted by Gasteiger charge is -2.16. The zero-order chi connectivity index (χ0) is 9.68. The van der Waals surface area contributed by atoms with Crippen LogP contribution in [0.3, 0.4) is 0 Å². The van der Waals surface area contributed by atoms with Gasteiger partial charge in [-0.1, -0.05) is 0 Å². The average Bonchev–Trinajstić information content (AvgIpc) is 2.16. The van der Waals surface area contributed by atoms with Crippen molar-refractivity contribution in [2.45, 2.75) is 13.8 Å². The summed E-state index contributed by atoms with van der Waals surface area (Å²) in [7, 11) is 0. The molecule has 0 aliphatic rings. The Morgan fingerprint density at radius 2 is 2.00 bits per heavy atom. The Morgan fingerprint density at radius 1 is 1.38 bits per heavy atom. The van der Waals surface area contributed by atoms with Gasteiger partial charge in [0, 0.05) is 12.8 Å². The van der Waals surface area contributed by atoms with Crippen molar-refractivity contribution in [3.05, 3.63) is 30.1 Å². The van der Waals surface area contributed by atoms with Gasteiger partial charge in [-0.3, -0.25) is 5.01 Å². The summed E-state index contributed by atoms with van der Waals surface area (Å²) in [6.45, 7) is 4.62. The van der Waals surface area contributed by atoms with Gasteiger partial charge in [0.1, 0.15) is 5.82 Å². The Bertz CT molecular complexity index is 279. The number of halogens is 1.